The summed E-state index contributed by atoms with van der Waals surface area (Å²) in [6, 6.07) is 5.72. The van der Waals surface area contributed by atoms with E-state index in [1.54, 1.807) is 18.2 Å². The van der Waals surface area contributed by atoms with Crippen molar-refractivity contribution in [3.8, 4) is 0 Å². The molecule has 1 heterocycles. The van der Waals surface area contributed by atoms with E-state index in [4.69, 9.17) is 23.2 Å². The van der Waals surface area contributed by atoms with E-state index in [0.717, 1.165) is 18.4 Å². The van der Waals surface area contributed by atoms with Crippen LogP contribution in [-0.4, -0.2) is 29.8 Å². The minimum atomic E-state index is 0.0697. The molecule has 1 aromatic rings. The smallest absolute Gasteiger partial charge is 0.246 e. The molecule has 7 atom stereocenters. The molecular weight excluding hydrogens is 467 g/mol. The summed E-state index contributed by atoms with van der Waals surface area (Å²) in [6.45, 7) is 5.28. The highest BCUT2D eigenvalue weighted by atomic mass is 35.5. The molecule has 2 amide bonds. The van der Waals surface area contributed by atoms with Crippen molar-refractivity contribution in [2.24, 2.45) is 34.5 Å². The van der Waals surface area contributed by atoms with Gasteiger partial charge in [0.1, 0.15) is 0 Å². The zero-order chi connectivity index (χ0) is 24.3. The number of amides is 2. The molecule has 1 aromatic carbocycles. The number of nitrogens with one attached hydrogen (secondary N) is 1. The minimum absolute atomic E-state index is 0.0697. The van der Waals surface area contributed by atoms with Crippen LogP contribution in [0.4, 0.5) is 0 Å². The normalized spacial score (nSPS) is 38.8. The molecule has 6 heteroatoms. The molecule has 1 aliphatic heterocycles. The van der Waals surface area contributed by atoms with Crippen LogP contribution in [0.5, 0.6) is 0 Å². The zero-order valence-corrected chi connectivity index (χ0v) is 22.0. The Morgan fingerprint density at radius 1 is 1.12 bits per heavy atom. The van der Waals surface area contributed by atoms with Crippen molar-refractivity contribution in [1.29, 1.82) is 0 Å². The summed E-state index contributed by atoms with van der Waals surface area (Å²) >= 11 is 12.3. The average Bonchev–Trinajstić information content (AvgIpc) is 3.12. The number of rotatable bonds is 4. The van der Waals surface area contributed by atoms with Gasteiger partial charge in [-0.3, -0.25) is 9.59 Å². The van der Waals surface area contributed by atoms with Crippen LogP contribution >= 0.6 is 23.2 Å². The molecule has 0 saturated heterocycles. The molecule has 0 radical (unpaired) electrons. The highest BCUT2D eigenvalue weighted by Crippen LogP contribution is 2.65. The quantitative estimate of drug-likeness (QED) is 0.528. The van der Waals surface area contributed by atoms with E-state index < -0.39 is 0 Å². The number of benzene rings is 1. The number of carbonyl (C=O) groups excluding carboxylic acids is 2. The Balaban J connectivity index is 1.26. The fraction of sp³-hybridized carbons (Fsp3) is 0.643. The van der Waals surface area contributed by atoms with Crippen molar-refractivity contribution >= 4 is 35.0 Å². The number of fused-ring (bicyclic) bond motifs is 5. The molecule has 3 fully saturated rings. The third-order valence-corrected chi connectivity index (χ3v) is 10.8. The molecule has 0 spiro atoms. The Morgan fingerprint density at radius 3 is 2.68 bits per heavy atom. The molecule has 3 saturated carbocycles. The molecule has 3 aliphatic carbocycles. The van der Waals surface area contributed by atoms with Gasteiger partial charge in [0, 0.05) is 41.5 Å². The van der Waals surface area contributed by atoms with Gasteiger partial charge in [0.15, 0.2) is 0 Å². The summed E-state index contributed by atoms with van der Waals surface area (Å²) < 4.78 is 0. The Labute approximate surface area is 213 Å². The number of hydrogen-bond acceptors (Lipinski definition) is 2. The summed E-state index contributed by atoms with van der Waals surface area (Å²) in [6.07, 6.45) is 11.6. The summed E-state index contributed by atoms with van der Waals surface area (Å²) in [5, 5.41) is 4.29. The van der Waals surface area contributed by atoms with Crippen LogP contribution in [0.15, 0.2) is 30.4 Å². The molecule has 1 N–H and O–H groups in total. The van der Waals surface area contributed by atoms with Crippen molar-refractivity contribution in [3.63, 3.8) is 0 Å². The van der Waals surface area contributed by atoms with Crippen molar-refractivity contribution in [3.05, 3.63) is 46.0 Å². The predicted molar refractivity (Wildman–Crippen MR) is 136 cm³/mol. The standard InChI is InChI=1S/C28H36Cl2N2O2/c1-27-12-10-22-20(7-9-24-28(22,2)13-11-26(34)32(24)3)21(27)8-5-18(27)14-25(33)31-16-17-4-6-19(29)15-23(17)30/h4,6,11,13,15,18,20-22,24H,5,7-10,12,14,16H2,1-3H3,(H,31,33)/t18-,20?,21?,22?,24?,27-,28-/m1/s1. The fourth-order valence-corrected chi connectivity index (χ4v) is 8.81. The van der Waals surface area contributed by atoms with Gasteiger partial charge in [-0.25, -0.2) is 0 Å². The van der Waals surface area contributed by atoms with Gasteiger partial charge >= 0.3 is 0 Å². The van der Waals surface area contributed by atoms with Crippen LogP contribution in [0.2, 0.25) is 10.0 Å². The second kappa shape index (κ2) is 8.85. The monoisotopic (exact) mass is 502 g/mol. The van der Waals surface area contributed by atoms with E-state index in [0.29, 0.717) is 52.7 Å². The van der Waals surface area contributed by atoms with E-state index >= 15 is 0 Å². The van der Waals surface area contributed by atoms with Crippen LogP contribution in [-0.2, 0) is 16.1 Å². The van der Waals surface area contributed by atoms with Gasteiger partial charge < -0.3 is 10.2 Å². The third-order valence-electron chi connectivity index (χ3n) is 10.2. The molecular formula is C28H36Cl2N2O2. The lowest BCUT2D eigenvalue weighted by Crippen LogP contribution is -2.59. The zero-order valence-electron chi connectivity index (χ0n) is 20.4. The lowest BCUT2D eigenvalue weighted by atomic mass is 9.47. The maximum atomic E-state index is 12.9. The summed E-state index contributed by atoms with van der Waals surface area (Å²) in [5.41, 5.74) is 1.18. The second-order valence-corrected chi connectivity index (χ2v) is 12.5. The number of carbonyl (C=O) groups is 2. The van der Waals surface area contributed by atoms with E-state index in [1.165, 1.54) is 25.7 Å². The molecule has 4 unspecified atom stereocenters. The van der Waals surface area contributed by atoms with Gasteiger partial charge in [0.2, 0.25) is 11.8 Å². The van der Waals surface area contributed by atoms with Crippen molar-refractivity contribution < 1.29 is 9.59 Å². The van der Waals surface area contributed by atoms with Crippen LogP contribution in [0.3, 0.4) is 0 Å². The van der Waals surface area contributed by atoms with E-state index in [2.05, 4.69) is 25.2 Å². The summed E-state index contributed by atoms with van der Waals surface area (Å²) in [4.78, 5) is 27.2. The molecule has 184 valence electrons. The van der Waals surface area contributed by atoms with E-state index in [9.17, 15) is 9.59 Å². The van der Waals surface area contributed by atoms with Crippen molar-refractivity contribution in [2.45, 2.75) is 71.4 Å². The molecule has 0 bridgehead atoms. The first-order valence-corrected chi connectivity index (χ1v) is 13.6. The highest BCUT2D eigenvalue weighted by molar-refractivity contribution is 6.35. The molecule has 0 aromatic heterocycles. The Hall–Kier alpha value is -1.52. The summed E-state index contributed by atoms with van der Waals surface area (Å²) in [5.74, 6) is 2.67. The maximum absolute atomic E-state index is 12.9. The van der Waals surface area contributed by atoms with E-state index in [1.807, 2.05) is 18.0 Å². The van der Waals surface area contributed by atoms with Gasteiger partial charge in [-0.05, 0) is 91.4 Å². The largest absolute Gasteiger partial charge is 0.352 e. The van der Waals surface area contributed by atoms with Crippen LogP contribution < -0.4 is 5.32 Å². The molecule has 4 nitrogen and oxygen atoms in total. The number of nitrogens with zero attached hydrogens (tertiary/aromatic N) is 1. The van der Waals surface area contributed by atoms with Gasteiger partial charge in [0.05, 0.1) is 0 Å². The van der Waals surface area contributed by atoms with Crippen molar-refractivity contribution in [1.82, 2.24) is 10.2 Å². The lowest BCUT2D eigenvalue weighted by Gasteiger charge is -2.60. The average molecular weight is 504 g/mol. The predicted octanol–water partition coefficient (Wildman–Crippen LogP) is 6.26. The SMILES string of the molecule is CN1C(=O)C=C[C@]2(C)C3CC[C@@]4(C)C(CC[C@@H]4CC(=O)NCc4ccc(Cl)cc4Cl)C3CCC12. The first-order chi connectivity index (χ1) is 16.1. The summed E-state index contributed by atoms with van der Waals surface area (Å²) in [7, 11) is 1.98. The molecule has 5 rings (SSSR count). The van der Waals surface area contributed by atoms with Crippen LogP contribution in [0, 0.1) is 34.5 Å². The minimum Gasteiger partial charge on any atom is -0.352 e. The van der Waals surface area contributed by atoms with Gasteiger partial charge in [-0.2, -0.15) is 0 Å². The number of likely N-dealkylation sites (N-methyl/N-ethyl adjacent to an activating group) is 1. The van der Waals surface area contributed by atoms with Crippen LogP contribution in [0.25, 0.3) is 0 Å². The third kappa shape index (κ3) is 3.89. The fourth-order valence-electron chi connectivity index (χ4n) is 8.34. The Morgan fingerprint density at radius 2 is 1.91 bits per heavy atom. The van der Waals surface area contributed by atoms with Gasteiger partial charge in [-0.1, -0.05) is 49.2 Å². The number of hydrogen-bond donors (Lipinski definition) is 1. The maximum Gasteiger partial charge on any atom is 0.246 e. The first kappa shape index (κ1) is 24.2. The Bertz CT molecular complexity index is 1030. The Kier molecular flexibility index (Phi) is 6.30. The first-order valence-electron chi connectivity index (χ1n) is 12.8. The van der Waals surface area contributed by atoms with E-state index in [-0.39, 0.29) is 22.6 Å². The highest BCUT2D eigenvalue weighted by Gasteiger charge is 2.60. The second-order valence-electron chi connectivity index (χ2n) is 11.7. The molecule has 34 heavy (non-hydrogen) atoms. The van der Waals surface area contributed by atoms with Crippen LogP contribution in [0.1, 0.15) is 64.4 Å². The van der Waals surface area contributed by atoms with Crippen molar-refractivity contribution in [2.75, 3.05) is 7.05 Å². The lowest BCUT2D eigenvalue weighted by molar-refractivity contribution is -0.139. The number of halogens is 2. The van der Waals surface area contributed by atoms with Gasteiger partial charge in [0.25, 0.3) is 0 Å². The topological polar surface area (TPSA) is 49.4 Å². The molecule has 4 aliphatic rings. The van der Waals surface area contributed by atoms with Gasteiger partial charge in [-0.15, -0.1) is 0 Å².